The van der Waals surface area contributed by atoms with Crippen LogP contribution in [-0.4, -0.2) is 44.0 Å². The molecule has 1 saturated carbocycles. The molecule has 202 valence electrons. The van der Waals surface area contributed by atoms with Crippen LogP contribution in [0, 0.1) is 11.8 Å². The van der Waals surface area contributed by atoms with Crippen LogP contribution in [-0.2, 0) is 23.1 Å². The van der Waals surface area contributed by atoms with E-state index in [0.29, 0.717) is 30.6 Å². The molecule has 2 N–H and O–H groups in total. The number of hydrogen-bond donors (Lipinski definition) is 2. The summed E-state index contributed by atoms with van der Waals surface area (Å²) >= 11 is 0. The quantitative estimate of drug-likeness (QED) is 0.515. The van der Waals surface area contributed by atoms with Gasteiger partial charge in [0.05, 0.1) is 18.2 Å². The largest absolute Gasteiger partial charge is 0.391 e. The van der Waals surface area contributed by atoms with E-state index >= 15 is 0 Å². The number of aromatic nitrogens is 1. The third-order valence-corrected chi connectivity index (χ3v) is 8.97. The average molecular weight is 539 g/mol. The van der Waals surface area contributed by atoms with Gasteiger partial charge in [-0.05, 0) is 80.5 Å². The molecular formula is C26H33F3N4O3S. The highest BCUT2D eigenvalue weighted by atomic mass is 32.2. The molecule has 1 aromatic carbocycles. The molecule has 1 amide bonds. The minimum Gasteiger partial charge on any atom is -0.346 e. The predicted octanol–water partition coefficient (Wildman–Crippen LogP) is 4.56. The molecule has 1 aromatic heterocycles. The summed E-state index contributed by atoms with van der Waals surface area (Å²) in [5.74, 6) is -1.17. The van der Waals surface area contributed by atoms with Gasteiger partial charge in [0.15, 0.2) is 0 Å². The Bertz CT molecular complexity index is 1210. The number of nitrogens with zero attached hydrogens (tertiary/aromatic N) is 2. The first-order chi connectivity index (χ1) is 17.5. The Kier molecular flexibility index (Phi) is 8.25. The van der Waals surface area contributed by atoms with E-state index in [1.165, 1.54) is 24.9 Å². The van der Waals surface area contributed by atoms with Gasteiger partial charge in [0.25, 0.3) is 5.91 Å². The molecule has 1 atom stereocenters. The first-order valence-electron chi connectivity index (χ1n) is 12.6. The molecule has 2 aliphatic rings. The van der Waals surface area contributed by atoms with Crippen LogP contribution in [0.5, 0.6) is 0 Å². The van der Waals surface area contributed by atoms with Crippen molar-refractivity contribution in [3.63, 3.8) is 0 Å². The highest BCUT2D eigenvalue weighted by Crippen LogP contribution is 2.42. The van der Waals surface area contributed by atoms with Crippen LogP contribution in [0.4, 0.5) is 13.2 Å². The van der Waals surface area contributed by atoms with E-state index in [4.69, 9.17) is 0 Å². The molecule has 2 heterocycles. The maximum atomic E-state index is 13.0. The Morgan fingerprint density at radius 1 is 1.14 bits per heavy atom. The van der Waals surface area contributed by atoms with Crippen LogP contribution in [0.25, 0.3) is 0 Å². The molecular weight excluding hydrogens is 505 g/mol. The van der Waals surface area contributed by atoms with E-state index < -0.39 is 22.1 Å². The van der Waals surface area contributed by atoms with Crippen molar-refractivity contribution in [3.05, 3.63) is 58.9 Å². The molecule has 7 nitrogen and oxygen atoms in total. The topological polar surface area (TPSA) is 91.4 Å². The Hall–Kier alpha value is -2.50. The smallest absolute Gasteiger partial charge is 0.346 e. The number of amides is 1. The van der Waals surface area contributed by atoms with E-state index in [9.17, 15) is 26.4 Å². The first-order valence-corrected chi connectivity index (χ1v) is 14.1. The summed E-state index contributed by atoms with van der Waals surface area (Å²) in [6, 6.07) is 8.86. The zero-order valence-electron chi connectivity index (χ0n) is 21.0. The number of sulfonamides is 1. The van der Waals surface area contributed by atoms with Gasteiger partial charge in [-0.3, -0.25) is 14.7 Å². The van der Waals surface area contributed by atoms with Crippen LogP contribution < -0.4 is 10.0 Å². The van der Waals surface area contributed by atoms with Crippen molar-refractivity contribution in [1.82, 2.24) is 19.9 Å². The number of hydrogen-bond acceptors (Lipinski definition) is 5. The molecule has 0 saturated heterocycles. The SMILES string of the molecule is CC[C@H]1c2ccc(C(=O)NCc3ccc(S(=O)(=O)NC)cn3)cc2CN1C[C@H]1CC[C@H](C(F)(F)F)CC1. The van der Waals surface area contributed by atoms with Gasteiger partial charge in [-0.15, -0.1) is 0 Å². The number of halogens is 3. The first kappa shape index (κ1) is 27.5. The second kappa shape index (κ2) is 11.1. The minimum atomic E-state index is -4.09. The maximum Gasteiger partial charge on any atom is 0.391 e. The third kappa shape index (κ3) is 6.32. The fourth-order valence-corrected chi connectivity index (χ4v) is 6.15. The normalized spacial score (nSPS) is 22.6. The van der Waals surface area contributed by atoms with Crippen LogP contribution >= 0.6 is 0 Å². The summed E-state index contributed by atoms with van der Waals surface area (Å²) in [6.07, 6.45) is -0.352. The van der Waals surface area contributed by atoms with E-state index in [2.05, 4.69) is 26.8 Å². The molecule has 0 bridgehead atoms. The summed E-state index contributed by atoms with van der Waals surface area (Å²) in [5, 5.41) is 2.82. The van der Waals surface area contributed by atoms with Crippen LogP contribution in [0.3, 0.4) is 0 Å². The average Bonchev–Trinajstić information content (AvgIpc) is 3.23. The predicted molar refractivity (Wildman–Crippen MR) is 133 cm³/mol. The fraction of sp³-hybridized carbons (Fsp3) is 0.538. The van der Waals surface area contributed by atoms with Crippen molar-refractivity contribution >= 4 is 15.9 Å². The van der Waals surface area contributed by atoms with E-state index in [1.54, 1.807) is 12.1 Å². The molecule has 2 aromatic rings. The lowest BCUT2D eigenvalue weighted by atomic mass is 9.81. The number of carbonyl (C=O) groups is 1. The molecule has 37 heavy (non-hydrogen) atoms. The lowest BCUT2D eigenvalue weighted by Crippen LogP contribution is -2.33. The van der Waals surface area contributed by atoms with E-state index in [-0.39, 0.29) is 42.1 Å². The van der Waals surface area contributed by atoms with Gasteiger partial charge in [-0.2, -0.15) is 13.2 Å². The molecule has 1 aliphatic carbocycles. The Morgan fingerprint density at radius 3 is 2.46 bits per heavy atom. The maximum absolute atomic E-state index is 13.0. The summed E-state index contributed by atoms with van der Waals surface area (Å²) < 4.78 is 64.9. The van der Waals surface area contributed by atoms with Crippen LogP contribution in [0.15, 0.2) is 41.4 Å². The fourth-order valence-electron chi connectivity index (χ4n) is 5.47. The summed E-state index contributed by atoms with van der Waals surface area (Å²) in [6.45, 7) is 3.70. The van der Waals surface area contributed by atoms with Crippen molar-refractivity contribution < 1.29 is 26.4 Å². The molecule has 1 fully saturated rings. The molecule has 0 radical (unpaired) electrons. The number of carbonyl (C=O) groups excluding carboxylic acids is 1. The highest BCUT2D eigenvalue weighted by molar-refractivity contribution is 7.89. The zero-order chi connectivity index (χ0) is 26.8. The van der Waals surface area contributed by atoms with Crippen LogP contribution in [0.2, 0.25) is 0 Å². The zero-order valence-corrected chi connectivity index (χ0v) is 21.8. The summed E-state index contributed by atoms with van der Waals surface area (Å²) in [7, 11) is -2.25. The van der Waals surface area contributed by atoms with Gasteiger partial charge in [-0.1, -0.05) is 13.0 Å². The van der Waals surface area contributed by atoms with E-state index in [1.807, 2.05) is 12.1 Å². The lowest BCUT2D eigenvalue weighted by molar-refractivity contribution is -0.184. The van der Waals surface area contributed by atoms with Gasteiger partial charge in [0.2, 0.25) is 10.0 Å². The number of pyridine rings is 1. The monoisotopic (exact) mass is 538 g/mol. The molecule has 0 unspecified atom stereocenters. The van der Waals surface area contributed by atoms with Gasteiger partial charge in [0, 0.05) is 30.9 Å². The number of nitrogens with one attached hydrogen (secondary N) is 2. The number of alkyl halides is 3. The number of fused-ring (bicyclic) bond motifs is 1. The molecule has 0 spiro atoms. The van der Waals surface area contributed by atoms with E-state index in [0.717, 1.165) is 18.5 Å². The van der Waals surface area contributed by atoms with Crippen molar-refractivity contribution in [2.75, 3.05) is 13.6 Å². The second-order valence-corrected chi connectivity index (χ2v) is 11.8. The summed E-state index contributed by atoms with van der Waals surface area (Å²) in [5.41, 5.74) is 3.30. The standard InChI is InChI=1S/C26H33F3N4O3S/c1-3-24-23-11-6-18(25(34)32-13-21-9-10-22(14-31-21)37(35,36)30-2)12-19(23)16-33(24)15-17-4-7-20(8-5-17)26(27,28)29/h6,9-12,14,17,20,24,30H,3-5,7-8,13,15-16H2,1-2H3,(H,32,34)/t17-,20-,24-/m0/s1. The Morgan fingerprint density at radius 2 is 1.86 bits per heavy atom. The molecule has 4 rings (SSSR count). The van der Waals surface area contributed by atoms with Gasteiger partial charge in [0.1, 0.15) is 4.90 Å². The van der Waals surface area contributed by atoms with Crippen molar-refractivity contribution in [3.8, 4) is 0 Å². The Balaban J connectivity index is 1.35. The molecule has 1 aliphatic heterocycles. The van der Waals surface area contributed by atoms with Gasteiger partial charge >= 0.3 is 6.18 Å². The van der Waals surface area contributed by atoms with Crippen LogP contribution in [0.1, 0.15) is 72.2 Å². The van der Waals surface area contributed by atoms with Crippen molar-refractivity contribution in [2.24, 2.45) is 11.8 Å². The van der Waals surface area contributed by atoms with Gasteiger partial charge in [-0.25, -0.2) is 13.1 Å². The lowest BCUT2D eigenvalue weighted by Gasteiger charge is -2.34. The minimum absolute atomic E-state index is 0.0483. The Labute approximate surface area is 215 Å². The van der Waals surface area contributed by atoms with Crippen molar-refractivity contribution in [2.45, 2.75) is 69.2 Å². The number of benzene rings is 1. The molecule has 11 heteroatoms. The summed E-state index contributed by atoms with van der Waals surface area (Å²) in [4.78, 5) is 19.3. The van der Waals surface area contributed by atoms with Crippen molar-refractivity contribution in [1.29, 1.82) is 0 Å². The van der Waals surface area contributed by atoms with Gasteiger partial charge < -0.3 is 5.32 Å². The highest BCUT2D eigenvalue weighted by Gasteiger charge is 2.42. The second-order valence-electron chi connectivity index (χ2n) is 9.90. The third-order valence-electron chi connectivity index (χ3n) is 7.57. The number of rotatable bonds is 8.